The van der Waals surface area contributed by atoms with Gasteiger partial charge in [-0.05, 0) is 116 Å². The first-order valence-electron chi connectivity index (χ1n) is 15.9. The van der Waals surface area contributed by atoms with E-state index in [1.807, 2.05) is 43.1 Å². The molecule has 3 aromatic heterocycles. The Morgan fingerprint density at radius 2 is 0.500 bits per heavy atom. The average molecular weight is 615 g/mol. The maximum atomic E-state index is 4.43. The lowest BCUT2D eigenvalue weighted by Crippen LogP contribution is -1.89. The SMILES string of the molecule is c1cncc(-c2cccc(-c3cccc(-c4cc(-c5cccnc5)cc(-c5cccc(-c6cccc(-c7cncnc7)c6)c5)c4)c3)c2)c1. The Balaban J connectivity index is 1.20. The third-order valence-corrected chi connectivity index (χ3v) is 8.60. The van der Waals surface area contributed by atoms with Crippen LogP contribution in [0.15, 0.2) is 183 Å². The van der Waals surface area contributed by atoms with E-state index in [1.165, 1.54) is 5.56 Å². The van der Waals surface area contributed by atoms with Crippen LogP contribution in [0.4, 0.5) is 0 Å². The number of nitrogens with zero attached hydrogens (tertiary/aromatic N) is 4. The zero-order chi connectivity index (χ0) is 32.1. The molecule has 0 aliphatic rings. The molecular formula is C44H30N4. The molecule has 0 amide bonds. The summed E-state index contributed by atoms with van der Waals surface area (Å²) in [6.45, 7) is 0. The van der Waals surface area contributed by atoms with Gasteiger partial charge < -0.3 is 0 Å². The van der Waals surface area contributed by atoms with Crippen LogP contribution in [0.25, 0.3) is 77.9 Å². The molecule has 0 aliphatic heterocycles. The first-order chi connectivity index (χ1) is 23.8. The molecule has 226 valence electrons. The number of hydrogen-bond acceptors (Lipinski definition) is 4. The molecule has 0 aliphatic carbocycles. The molecule has 0 unspecified atom stereocenters. The van der Waals surface area contributed by atoms with Crippen molar-refractivity contribution in [1.29, 1.82) is 0 Å². The summed E-state index contributed by atoms with van der Waals surface area (Å²) in [5, 5.41) is 0. The second-order valence-corrected chi connectivity index (χ2v) is 11.7. The summed E-state index contributed by atoms with van der Waals surface area (Å²) in [5.74, 6) is 0. The van der Waals surface area contributed by atoms with E-state index >= 15 is 0 Å². The molecule has 0 atom stereocenters. The van der Waals surface area contributed by atoms with Crippen LogP contribution in [-0.4, -0.2) is 19.9 Å². The van der Waals surface area contributed by atoms with Gasteiger partial charge in [0.1, 0.15) is 6.33 Å². The molecule has 0 N–H and O–H groups in total. The molecule has 4 nitrogen and oxygen atoms in total. The zero-order valence-corrected chi connectivity index (χ0v) is 26.1. The van der Waals surface area contributed by atoms with Crippen LogP contribution in [0.3, 0.4) is 0 Å². The van der Waals surface area contributed by atoms with Crippen molar-refractivity contribution in [2.24, 2.45) is 0 Å². The third kappa shape index (κ3) is 6.15. The van der Waals surface area contributed by atoms with Gasteiger partial charge in [0.2, 0.25) is 0 Å². The summed E-state index contributed by atoms with van der Waals surface area (Å²) in [4.78, 5) is 17.1. The standard InChI is InChI=1S/C44H30N4/c1-7-31(19-35(11-1)39-15-5-17-45-26-39)32-8-2-12-36(20-32)41-23-42(25-43(24-41)40-16-6-18-46-27-40)37-13-3-9-33(21-37)34-10-4-14-38(22-34)44-28-47-30-48-29-44/h1-30H. The predicted octanol–water partition coefficient (Wildman–Crippen LogP) is 10.9. The molecule has 48 heavy (non-hydrogen) atoms. The van der Waals surface area contributed by atoms with E-state index in [2.05, 4.69) is 147 Å². The summed E-state index contributed by atoms with van der Waals surface area (Å²) in [5.41, 5.74) is 15.7. The van der Waals surface area contributed by atoms with Crippen molar-refractivity contribution in [3.63, 3.8) is 0 Å². The monoisotopic (exact) mass is 614 g/mol. The highest BCUT2D eigenvalue weighted by molar-refractivity contribution is 5.85. The molecule has 4 heteroatoms. The van der Waals surface area contributed by atoms with Crippen molar-refractivity contribution >= 4 is 0 Å². The fourth-order valence-corrected chi connectivity index (χ4v) is 6.16. The topological polar surface area (TPSA) is 51.6 Å². The second-order valence-electron chi connectivity index (χ2n) is 11.7. The van der Waals surface area contributed by atoms with Crippen LogP contribution in [0.2, 0.25) is 0 Å². The first kappa shape index (κ1) is 28.9. The Kier molecular flexibility index (Phi) is 7.87. The molecule has 5 aromatic carbocycles. The maximum Gasteiger partial charge on any atom is 0.115 e. The molecule has 3 heterocycles. The molecule has 0 bridgehead atoms. The van der Waals surface area contributed by atoms with E-state index in [-0.39, 0.29) is 0 Å². The molecule has 0 spiro atoms. The average Bonchev–Trinajstić information content (AvgIpc) is 3.19. The van der Waals surface area contributed by atoms with E-state index in [0.29, 0.717) is 0 Å². The predicted molar refractivity (Wildman–Crippen MR) is 196 cm³/mol. The van der Waals surface area contributed by atoms with E-state index in [4.69, 9.17) is 0 Å². The Bertz CT molecular complexity index is 2190. The van der Waals surface area contributed by atoms with Crippen molar-refractivity contribution in [2.45, 2.75) is 0 Å². The van der Waals surface area contributed by atoms with Gasteiger partial charge in [-0.2, -0.15) is 0 Å². The Hall–Kier alpha value is -6.52. The van der Waals surface area contributed by atoms with Gasteiger partial charge in [-0.1, -0.05) is 84.9 Å². The molecule has 8 aromatic rings. The fraction of sp³-hybridized carbons (Fsp3) is 0. The number of benzene rings is 5. The lowest BCUT2D eigenvalue weighted by Gasteiger charge is -2.13. The molecule has 0 fully saturated rings. The number of aromatic nitrogens is 4. The van der Waals surface area contributed by atoms with Crippen LogP contribution in [0.5, 0.6) is 0 Å². The smallest absolute Gasteiger partial charge is 0.115 e. The van der Waals surface area contributed by atoms with Gasteiger partial charge in [0.25, 0.3) is 0 Å². The van der Waals surface area contributed by atoms with Gasteiger partial charge in [0, 0.05) is 53.9 Å². The van der Waals surface area contributed by atoms with Crippen molar-refractivity contribution in [3.8, 4) is 77.9 Å². The molecule has 0 saturated carbocycles. The minimum atomic E-state index is 0.996. The maximum absolute atomic E-state index is 4.43. The summed E-state index contributed by atoms with van der Waals surface area (Å²) in [6.07, 6.45) is 12.7. The van der Waals surface area contributed by atoms with E-state index in [9.17, 15) is 0 Å². The summed E-state index contributed by atoms with van der Waals surface area (Å²) >= 11 is 0. The van der Waals surface area contributed by atoms with Gasteiger partial charge in [-0.25, -0.2) is 9.97 Å². The minimum absolute atomic E-state index is 0.996. The zero-order valence-electron chi connectivity index (χ0n) is 26.1. The molecule has 8 rings (SSSR count). The largest absolute Gasteiger partial charge is 0.264 e. The molecule has 0 saturated heterocycles. The van der Waals surface area contributed by atoms with E-state index in [1.54, 1.807) is 12.5 Å². The fourth-order valence-electron chi connectivity index (χ4n) is 6.16. The van der Waals surface area contributed by atoms with Crippen molar-refractivity contribution in [3.05, 3.63) is 183 Å². The van der Waals surface area contributed by atoms with E-state index in [0.717, 1.165) is 72.3 Å². The number of rotatable bonds is 7. The van der Waals surface area contributed by atoms with Gasteiger partial charge in [-0.15, -0.1) is 0 Å². The highest BCUT2D eigenvalue weighted by Gasteiger charge is 2.11. The highest BCUT2D eigenvalue weighted by atomic mass is 14.8. The van der Waals surface area contributed by atoms with Gasteiger partial charge in [0.05, 0.1) is 0 Å². The van der Waals surface area contributed by atoms with Crippen LogP contribution in [-0.2, 0) is 0 Å². The lowest BCUT2D eigenvalue weighted by molar-refractivity contribution is 1.17. The molecular weight excluding hydrogens is 585 g/mol. The van der Waals surface area contributed by atoms with Gasteiger partial charge in [0.15, 0.2) is 0 Å². The summed E-state index contributed by atoms with van der Waals surface area (Å²) in [6, 6.07) is 49.7. The highest BCUT2D eigenvalue weighted by Crippen LogP contribution is 2.36. The summed E-state index contributed by atoms with van der Waals surface area (Å²) < 4.78 is 0. The van der Waals surface area contributed by atoms with Gasteiger partial charge >= 0.3 is 0 Å². The van der Waals surface area contributed by atoms with Gasteiger partial charge in [-0.3, -0.25) is 9.97 Å². The first-order valence-corrected chi connectivity index (χ1v) is 15.9. The quantitative estimate of drug-likeness (QED) is 0.179. The normalized spacial score (nSPS) is 10.9. The third-order valence-electron chi connectivity index (χ3n) is 8.60. The van der Waals surface area contributed by atoms with Crippen molar-refractivity contribution in [2.75, 3.05) is 0 Å². The number of pyridine rings is 2. The molecule has 0 radical (unpaired) electrons. The van der Waals surface area contributed by atoms with Crippen LogP contribution in [0.1, 0.15) is 0 Å². The second kappa shape index (κ2) is 13.1. The number of hydrogen-bond donors (Lipinski definition) is 0. The lowest BCUT2D eigenvalue weighted by atomic mass is 9.91. The van der Waals surface area contributed by atoms with Crippen LogP contribution in [0, 0.1) is 0 Å². The van der Waals surface area contributed by atoms with Crippen LogP contribution >= 0.6 is 0 Å². The Morgan fingerprint density at radius 3 is 0.896 bits per heavy atom. The minimum Gasteiger partial charge on any atom is -0.264 e. The van der Waals surface area contributed by atoms with E-state index < -0.39 is 0 Å². The Morgan fingerprint density at radius 1 is 0.229 bits per heavy atom. The summed E-state index contributed by atoms with van der Waals surface area (Å²) in [7, 11) is 0. The van der Waals surface area contributed by atoms with Crippen molar-refractivity contribution < 1.29 is 0 Å². The Labute approximate surface area is 280 Å². The van der Waals surface area contributed by atoms with Crippen LogP contribution < -0.4 is 0 Å². The van der Waals surface area contributed by atoms with Crippen molar-refractivity contribution in [1.82, 2.24) is 19.9 Å².